The van der Waals surface area contributed by atoms with Gasteiger partial charge in [0.2, 0.25) is 0 Å². The Labute approximate surface area is 318 Å². The number of thiophene rings is 2. The van der Waals surface area contributed by atoms with Crippen molar-refractivity contribution in [1.82, 2.24) is 0 Å². The molecule has 0 aliphatic carbocycles. The molecular weight excluding hydrogens is 830 g/mol. The number of hydrogen-bond donors (Lipinski definition) is 0. The van der Waals surface area contributed by atoms with Crippen LogP contribution in [0.2, 0.25) is 26.6 Å². The van der Waals surface area contributed by atoms with Crippen LogP contribution in [0.4, 0.5) is 0 Å². The Bertz CT molecular complexity index is 1020. The molecule has 0 radical (unpaired) electrons. The summed E-state index contributed by atoms with van der Waals surface area (Å²) in [5, 5.41) is 0. The van der Waals surface area contributed by atoms with E-state index in [1.165, 1.54) is 141 Å². The molecule has 0 amide bonds. The molecule has 0 aliphatic heterocycles. The summed E-state index contributed by atoms with van der Waals surface area (Å²) < 4.78 is 13.7. The SMILES string of the molecule is CCCCCCc1c[c]([Sn]([CH2]CCC)([CH2]CCC)[CH2]CCC)sc1-c1cc(CCCCCC)[c]([Sn]([CH2]CCC)([CH2]CCC)[CH2]CCC)s1. The molecule has 0 nitrogen and oxygen atoms in total. The fourth-order valence-corrected chi connectivity index (χ4v) is 50.3. The van der Waals surface area contributed by atoms with E-state index >= 15 is 0 Å². The Kier molecular flexibility index (Phi) is 25.1. The summed E-state index contributed by atoms with van der Waals surface area (Å²) in [5.74, 6) is 0. The van der Waals surface area contributed by atoms with Crippen LogP contribution in [0.3, 0.4) is 0 Å². The van der Waals surface area contributed by atoms with E-state index in [0.29, 0.717) is 0 Å². The van der Waals surface area contributed by atoms with Crippen LogP contribution in [0, 0.1) is 0 Å². The number of unbranched alkanes of at least 4 members (excludes halogenated alkanes) is 12. The zero-order chi connectivity index (χ0) is 35.1. The van der Waals surface area contributed by atoms with Crippen molar-refractivity contribution in [3.05, 3.63) is 23.3 Å². The third-order valence-corrected chi connectivity index (χ3v) is 50.7. The number of aryl methyl sites for hydroxylation is 2. The first-order chi connectivity index (χ1) is 23.4. The Hall–Kier alpha value is 0.997. The van der Waals surface area contributed by atoms with E-state index in [0.717, 1.165) is 0 Å². The second kappa shape index (κ2) is 26.7. The van der Waals surface area contributed by atoms with Gasteiger partial charge >= 0.3 is 321 Å². The molecule has 4 heteroatoms. The van der Waals surface area contributed by atoms with E-state index in [1.54, 1.807) is 41.9 Å². The van der Waals surface area contributed by atoms with Crippen LogP contribution >= 0.6 is 22.7 Å². The molecule has 0 bridgehead atoms. The summed E-state index contributed by atoms with van der Waals surface area (Å²) in [4.78, 5) is 3.49. The van der Waals surface area contributed by atoms with Gasteiger partial charge in [0.1, 0.15) is 0 Å². The molecule has 2 heterocycles. The first kappa shape index (κ1) is 45.2. The van der Waals surface area contributed by atoms with Crippen LogP contribution in [0.1, 0.15) is 195 Å². The van der Waals surface area contributed by atoms with Crippen molar-refractivity contribution in [3.8, 4) is 9.75 Å². The normalized spacial score (nSPS) is 12.4. The second-order valence-corrected chi connectivity index (χ2v) is 46.0. The van der Waals surface area contributed by atoms with Crippen molar-refractivity contribution in [2.45, 2.75) is 223 Å². The molecule has 0 unspecified atom stereocenters. The molecule has 0 atom stereocenters. The third-order valence-electron chi connectivity index (χ3n) is 11.5. The van der Waals surface area contributed by atoms with Crippen molar-refractivity contribution in [2.24, 2.45) is 0 Å². The molecule has 48 heavy (non-hydrogen) atoms. The van der Waals surface area contributed by atoms with Crippen molar-refractivity contribution >= 4 is 65.2 Å². The summed E-state index contributed by atoms with van der Waals surface area (Å²) in [6, 6.07) is 5.74. The first-order valence-corrected chi connectivity index (χ1v) is 38.3. The van der Waals surface area contributed by atoms with Crippen molar-refractivity contribution in [1.29, 1.82) is 0 Å². The van der Waals surface area contributed by atoms with Crippen molar-refractivity contribution in [3.63, 3.8) is 0 Å². The molecule has 2 rings (SSSR count). The quantitative estimate of drug-likeness (QED) is 0.0522. The molecule has 0 fully saturated rings. The Morgan fingerprint density at radius 3 is 1.21 bits per heavy atom. The van der Waals surface area contributed by atoms with E-state index in [9.17, 15) is 0 Å². The molecule has 0 saturated carbocycles. The minimum absolute atomic E-state index is 1.32. The van der Waals surface area contributed by atoms with Gasteiger partial charge in [-0.15, -0.1) is 0 Å². The summed E-state index contributed by atoms with van der Waals surface area (Å²) >= 11 is -0.280. The fraction of sp³-hybridized carbons (Fsp3) is 0.818. The molecule has 2 aromatic heterocycles. The fourth-order valence-electron chi connectivity index (χ4n) is 8.30. The third kappa shape index (κ3) is 14.4. The van der Waals surface area contributed by atoms with E-state index in [1.807, 2.05) is 8.46 Å². The monoisotopic (exact) mass is 914 g/mol. The van der Waals surface area contributed by atoms with Crippen LogP contribution in [0.25, 0.3) is 9.75 Å². The van der Waals surface area contributed by atoms with Crippen LogP contribution in [0.5, 0.6) is 0 Å². The van der Waals surface area contributed by atoms with Crippen molar-refractivity contribution in [2.75, 3.05) is 0 Å². The molecule has 2 aromatic rings. The van der Waals surface area contributed by atoms with Gasteiger partial charge in [0.25, 0.3) is 0 Å². The predicted molar refractivity (Wildman–Crippen MR) is 232 cm³/mol. The van der Waals surface area contributed by atoms with E-state index < -0.39 is 36.8 Å². The number of rotatable bonds is 31. The van der Waals surface area contributed by atoms with Gasteiger partial charge in [-0.25, -0.2) is 0 Å². The van der Waals surface area contributed by atoms with Gasteiger partial charge in [-0.2, -0.15) is 0 Å². The second-order valence-electron chi connectivity index (χ2n) is 15.7. The molecule has 0 N–H and O–H groups in total. The summed E-state index contributed by atoms with van der Waals surface area (Å²) in [5.41, 5.74) is 3.63. The van der Waals surface area contributed by atoms with Gasteiger partial charge in [0.05, 0.1) is 0 Å². The van der Waals surface area contributed by atoms with Gasteiger partial charge in [0, 0.05) is 0 Å². The van der Waals surface area contributed by atoms with Crippen LogP contribution in [-0.2, 0) is 12.8 Å². The van der Waals surface area contributed by atoms with Gasteiger partial charge in [-0.3, -0.25) is 0 Å². The molecular formula is C44H82S2Sn2. The van der Waals surface area contributed by atoms with Gasteiger partial charge in [-0.1, -0.05) is 0 Å². The van der Waals surface area contributed by atoms with Crippen LogP contribution < -0.4 is 5.79 Å². The molecule has 0 aromatic carbocycles. The summed E-state index contributed by atoms with van der Waals surface area (Å²) in [6.45, 7) is 19.4. The standard InChI is InChI=1S/C20H28S2.6C4H9.2Sn/c1-3-5-7-9-11-17-15-19(22-16-17)20-18(13-14-21-20)12-10-8-6-4-2;6*1-3-4-2;;/h13,15H,3-12H2,1-2H3;6*1,3-4H2,2H3;;. The van der Waals surface area contributed by atoms with Gasteiger partial charge in [0.15, 0.2) is 0 Å². The van der Waals surface area contributed by atoms with Crippen molar-refractivity contribution < 1.29 is 0 Å². The van der Waals surface area contributed by atoms with Crippen LogP contribution in [-0.4, -0.2) is 36.8 Å². The predicted octanol–water partition coefficient (Wildman–Crippen LogP) is 15.8. The minimum atomic E-state index is -2.56. The van der Waals surface area contributed by atoms with E-state index in [2.05, 4.69) is 93.1 Å². The maximum absolute atomic E-state index is 2.89. The summed E-state index contributed by atoms with van der Waals surface area (Å²) in [6.07, 6.45) is 30.8. The maximum atomic E-state index is 2.89. The Balaban J connectivity index is 2.81. The summed E-state index contributed by atoms with van der Waals surface area (Å²) in [7, 11) is 0. The van der Waals surface area contributed by atoms with Gasteiger partial charge in [-0.05, 0) is 0 Å². The zero-order valence-corrected chi connectivity index (χ0v) is 41.1. The van der Waals surface area contributed by atoms with Gasteiger partial charge < -0.3 is 0 Å². The molecule has 278 valence electrons. The average Bonchev–Trinajstić information content (AvgIpc) is 3.73. The van der Waals surface area contributed by atoms with E-state index in [-0.39, 0.29) is 0 Å². The Morgan fingerprint density at radius 1 is 0.396 bits per heavy atom. The average molecular weight is 913 g/mol. The first-order valence-electron chi connectivity index (χ1n) is 21.7. The number of hydrogen-bond acceptors (Lipinski definition) is 2. The van der Waals surface area contributed by atoms with E-state index in [4.69, 9.17) is 0 Å². The molecule has 0 spiro atoms. The Morgan fingerprint density at radius 2 is 0.792 bits per heavy atom. The topological polar surface area (TPSA) is 0 Å². The molecule has 0 saturated heterocycles. The molecule has 0 aliphatic rings. The van der Waals surface area contributed by atoms with Crippen LogP contribution in [0.15, 0.2) is 12.1 Å². The zero-order valence-electron chi connectivity index (χ0n) is 33.8.